The lowest BCUT2D eigenvalue weighted by molar-refractivity contribution is 0.102. The second kappa shape index (κ2) is 5.74. The molecule has 2 heterocycles. The highest BCUT2D eigenvalue weighted by Crippen LogP contribution is 2.40. The molecule has 0 radical (unpaired) electrons. The van der Waals surface area contributed by atoms with Gasteiger partial charge in [-0.1, -0.05) is 6.07 Å². The molecule has 2 aliphatic rings. The third-order valence-corrected chi connectivity index (χ3v) is 6.74. The lowest BCUT2D eigenvalue weighted by Gasteiger charge is -2.39. The monoisotopic (exact) mass is 325 g/mol. The minimum absolute atomic E-state index is 0.0500. The second-order valence-corrected chi connectivity index (χ2v) is 8.85. The highest BCUT2D eigenvalue weighted by atomic mass is 32.2. The van der Waals surface area contributed by atoms with Crippen LogP contribution in [0.25, 0.3) is 0 Å². The summed E-state index contributed by atoms with van der Waals surface area (Å²) >= 11 is 0. The number of phenols is 1. The van der Waals surface area contributed by atoms with E-state index >= 15 is 0 Å². The molecule has 1 aromatic rings. The normalized spacial score (nSPS) is 28.0. The number of ether oxygens (including phenoxy) is 1. The number of phenolic OH excluding ortho intramolecular Hbond substituents is 1. The van der Waals surface area contributed by atoms with Gasteiger partial charge in [0.05, 0.1) is 18.6 Å². The number of nitrogens with zero attached hydrogens (tertiary/aromatic N) is 1. The summed E-state index contributed by atoms with van der Waals surface area (Å²) in [6.45, 7) is 2.55. The molecule has 1 atom stereocenters. The molecule has 3 rings (SSSR count). The first-order valence-corrected chi connectivity index (χ1v) is 9.52. The van der Waals surface area contributed by atoms with Gasteiger partial charge in [0.25, 0.3) is 0 Å². The molecule has 1 spiro atoms. The number of sulfone groups is 1. The number of benzene rings is 1. The predicted molar refractivity (Wildman–Crippen MR) is 84.9 cm³/mol. The molecular weight excluding hydrogens is 302 g/mol. The van der Waals surface area contributed by atoms with Crippen LogP contribution in [0.4, 0.5) is 0 Å². The fourth-order valence-electron chi connectivity index (χ4n) is 3.84. The second-order valence-electron chi connectivity index (χ2n) is 6.66. The molecule has 1 aromatic carbocycles. The summed E-state index contributed by atoms with van der Waals surface area (Å²) in [6.07, 6.45) is 2.84. The van der Waals surface area contributed by atoms with Crippen LogP contribution < -0.4 is 4.74 Å². The van der Waals surface area contributed by atoms with Crippen molar-refractivity contribution in [3.05, 3.63) is 23.8 Å². The van der Waals surface area contributed by atoms with E-state index < -0.39 is 9.84 Å². The molecule has 122 valence electrons. The molecule has 0 aromatic heterocycles. The average molecular weight is 325 g/mol. The molecule has 0 amide bonds. The Labute approximate surface area is 131 Å². The van der Waals surface area contributed by atoms with Crippen molar-refractivity contribution in [2.75, 3.05) is 31.7 Å². The third-order valence-electron chi connectivity index (χ3n) is 4.86. The molecule has 22 heavy (non-hydrogen) atoms. The van der Waals surface area contributed by atoms with Crippen LogP contribution in [0.2, 0.25) is 0 Å². The molecule has 0 saturated carbocycles. The van der Waals surface area contributed by atoms with Crippen molar-refractivity contribution in [2.45, 2.75) is 25.8 Å². The molecule has 2 fully saturated rings. The predicted octanol–water partition coefficient (Wildman–Crippen LogP) is 1.80. The summed E-state index contributed by atoms with van der Waals surface area (Å²) in [7, 11) is -1.32. The lowest BCUT2D eigenvalue weighted by atomic mass is 9.79. The molecule has 1 N–H and O–H groups in total. The van der Waals surface area contributed by atoms with Gasteiger partial charge in [-0.2, -0.15) is 0 Å². The van der Waals surface area contributed by atoms with Gasteiger partial charge >= 0.3 is 0 Å². The van der Waals surface area contributed by atoms with Crippen LogP contribution in [-0.4, -0.2) is 50.1 Å². The van der Waals surface area contributed by atoms with E-state index in [9.17, 15) is 13.5 Å². The van der Waals surface area contributed by atoms with Gasteiger partial charge in [0.2, 0.25) is 0 Å². The maximum absolute atomic E-state index is 11.8. The Balaban J connectivity index is 1.69. The van der Waals surface area contributed by atoms with Gasteiger partial charge in [0.15, 0.2) is 21.3 Å². The first-order chi connectivity index (χ1) is 10.4. The molecule has 6 heteroatoms. The van der Waals surface area contributed by atoms with Crippen LogP contribution in [0.3, 0.4) is 0 Å². The van der Waals surface area contributed by atoms with Gasteiger partial charge < -0.3 is 9.84 Å². The topological polar surface area (TPSA) is 66.8 Å². The Bertz CT molecular complexity index is 658. The smallest absolute Gasteiger partial charge is 0.160 e. The summed E-state index contributed by atoms with van der Waals surface area (Å²) in [5.74, 6) is 1.30. The highest BCUT2D eigenvalue weighted by Gasteiger charge is 2.44. The van der Waals surface area contributed by atoms with Gasteiger partial charge in [-0.25, -0.2) is 8.42 Å². The Morgan fingerprint density at radius 2 is 2.18 bits per heavy atom. The van der Waals surface area contributed by atoms with Gasteiger partial charge in [-0.15, -0.1) is 0 Å². The van der Waals surface area contributed by atoms with Crippen molar-refractivity contribution in [1.82, 2.24) is 4.90 Å². The van der Waals surface area contributed by atoms with Crippen molar-refractivity contribution in [2.24, 2.45) is 5.41 Å². The van der Waals surface area contributed by atoms with Crippen LogP contribution in [0, 0.1) is 5.41 Å². The molecular formula is C16H23NO4S. The molecule has 2 aliphatic heterocycles. The minimum atomic E-state index is -2.85. The first kappa shape index (κ1) is 15.6. The van der Waals surface area contributed by atoms with Crippen molar-refractivity contribution in [1.29, 1.82) is 0 Å². The maximum atomic E-state index is 11.8. The van der Waals surface area contributed by atoms with Crippen molar-refractivity contribution in [3.8, 4) is 11.5 Å². The quantitative estimate of drug-likeness (QED) is 0.918. The van der Waals surface area contributed by atoms with Gasteiger partial charge in [-0.05, 0) is 48.9 Å². The van der Waals surface area contributed by atoms with Crippen LogP contribution in [-0.2, 0) is 16.4 Å². The number of hydrogen-bond donors (Lipinski definition) is 1. The van der Waals surface area contributed by atoms with E-state index in [0.717, 1.165) is 44.5 Å². The maximum Gasteiger partial charge on any atom is 0.160 e. The van der Waals surface area contributed by atoms with Crippen LogP contribution >= 0.6 is 0 Å². The van der Waals surface area contributed by atoms with Crippen molar-refractivity contribution in [3.63, 3.8) is 0 Å². The molecule has 0 aliphatic carbocycles. The zero-order valence-electron chi connectivity index (χ0n) is 12.9. The number of piperidine rings is 1. The zero-order chi connectivity index (χ0) is 15.8. The largest absolute Gasteiger partial charge is 0.504 e. The number of hydrogen-bond acceptors (Lipinski definition) is 5. The number of aromatic hydroxyl groups is 1. The van der Waals surface area contributed by atoms with Crippen LogP contribution in [0.15, 0.2) is 18.2 Å². The number of methoxy groups -OCH3 is 1. The van der Waals surface area contributed by atoms with Crippen molar-refractivity contribution >= 4 is 9.84 Å². The van der Waals surface area contributed by atoms with Gasteiger partial charge in [0.1, 0.15) is 0 Å². The number of likely N-dealkylation sites (tertiary alicyclic amines) is 1. The van der Waals surface area contributed by atoms with E-state index in [1.807, 2.05) is 6.07 Å². The molecule has 0 bridgehead atoms. The third kappa shape index (κ3) is 3.22. The number of rotatable bonds is 3. The Morgan fingerprint density at radius 3 is 2.82 bits per heavy atom. The van der Waals surface area contributed by atoms with E-state index in [4.69, 9.17) is 4.74 Å². The first-order valence-electron chi connectivity index (χ1n) is 7.70. The summed E-state index contributed by atoms with van der Waals surface area (Å²) < 4.78 is 28.7. The Hall–Kier alpha value is -1.27. The van der Waals surface area contributed by atoms with Crippen LogP contribution in [0.1, 0.15) is 24.8 Å². The standard InChI is InChI=1S/C16H23NO4S/c1-21-15-4-3-13(9-14(15)18)10-17-7-2-5-16(11-17)6-8-22(19,20)12-16/h3-4,9,18H,2,5-8,10-12H2,1H3. The lowest BCUT2D eigenvalue weighted by Crippen LogP contribution is -2.43. The summed E-state index contributed by atoms with van der Waals surface area (Å²) in [4.78, 5) is 2.31. The van der Waals surface area contributed by atoms with E-state index in [2.05, 4.69) is 4.90 Å². The Kier molecular flexibility index (Phi) is 4.07. The van der Waals surface area contributed by atoms with E-state index in [-0.39, 0.29) is 11.2 Å². The van der Waals surface area contributed by atoms with E-state index in [0.29, 0.717) is 17.3 Å². The van der Waals surface area contributed by atoms with Gasteiger partial charge in [-0.3, -0.25) is 4.90 Å². The average Bonchev–Trinajstić information content (AvgIpc) is 2.74. The van der Waals surface area contributed by atoms with Crippen LogP contribution in [0.5, 0.6) is 11.5 Å². The summed E-state index contributed by atoms with van der Waals surface area (Å²) in [5, 5.41) is 9.87. The molecule has 5 nitrogen and oxygen atoms in total. The molecule has 1 unspecified atom stereocenters. The fourth-order valence-corrected chi connectivity index (χ4v) is 6.04. The summed E-state index contributed by atoms with van der Waals surface area (Å²) in [6, 6.07) is 5.45. The minimum Gasteiger partial charge on any atom is -0.504 e. The van der Waals surface area contributed by atoms with Crippen molar-refractivity contribution < 1.29 is 18.3 Å². The van der Waals surface area contributed by atoms with E-state index in [1.165, 1.54) is 7.11 Å². The molecule has 2 saturated heterocycles. The Morgan fingerprint density at radius 1 is 1.36 bits per heavy atom. The highest BCUT2D eigenvalue weighted by molar-refractivity contribution is 7.91. The summed E-state index contributed by atoms with van der Waals surface area (Å²) in [5.41, 5.74) is 0.974. The van der Waals surface area contributed by atoms with Gasteiger partial charge in [0, 0.05) is 13.1 Å². The van der Waals surface area contributed by atoms with E-state index in [1.54, 1.807) is 12.1 Å². The zero-order valence-corrected chi connectivity index (χ0v) is 13.7. The SMILES string of the molecule is COc1ccc(CN2CCCC3(CCS(=O)(=O)C3)C2)cc1O. The fraction of sp³-hybridized carbons (Fsp3) is 0.625.